The van der Waals surface area contributed by atoms with Gasteiger partial charge in [-0.15, -0.1) is 0 Å². The lowest BCUT2D eigenvalue weighted by molar-refractivity contribution is 0.393. The van der Waals surface area contributed by atoms with Crippen LogP contribution >= 0.6 is 15.9 Å². The number of rotatable bonds is 5. The molecular formula is C13H15BrN2O3S. The highest BCUT2D eigenvalue weighted by Gasteiger charge is 2.13. The van der Waals surface area contributed by atoms with E-state index in [2.05, 4.69) is 21.2 Å². The van der Waals surface area contributed by atoms with Crippen LogP contribution in [0.2, 0.25) is 0 Å². The molecule has 1 aromatic carbocycles. The lowest BCUT2D eigenvalue weighted by atomic mass is 10.1. The number of halogens is 1. The molecule has 1 atom stereocenters. The molecule has 5 nitrogen and oxygen atoms in total. The highest BCUT2D eigenvalue weighted by Crippen LogP contribution is 2.19. The van der Waals surface area contributed by atoms with Gasteiger partial charge in [-0.2, -0.15) is 0 Å². The normalized spacial score (nSPS) is 13.3. The van der Waals surface area contributed by atoms with Crippen molar-refractivity contribution < 1.29 is 12.8 Å². The van der Waals surface area contributed by atoms with Gasteiger partial charge >= 0.3 is 0 Å². The largest absolute Gasteiger partial charge is 0.447 e. The van der Waals surface area contributed by atoms with E-state index in [1.54, 1.807) is 6.07 Å². The second kappa shape index (κ2) is 6.09. The molecule has 0 saturated heterocycles. The van der Waals surface area contributed by atoms with Gasteiger partial charge in [-0.1, -0.05) is 28.1 Å². The molecule has 0 radical (unpaired) electrons. The van der Waals surface area contributed by atoms with Crippen molar-refractivity contribution in [1.82, 2.24) is 5.32 Å². The first kappa shape index (κ1) is 15.2. The predicted molar refractivity (Wildman–Crippen MR) is 79.5 cm³/mol. The summed E-state index contributed by atoms with van der Waals surface area (Å²) in [7, 11) is -3.78. The van der Waals surface area contributed by atoms with Crippen LogP contribution in [0.25, 0.3) is 0 Å². The van der Waals surface area contributed by atoms with Gasteiger partial charge in [0.15, 0.2) is 0 Å². The molecule has 3 N–H and O–H groups in total. The average molecular weight is 359 g/mol. The lowest BCUT2D eigenvalue weighted by Gasteiger charge is -2.13. The molecule has 20 heavy (non-hydrogen) atoms. The Balaban J connectivity index is 2.00. The highest BCUT2D eigenvalue weighted by atomic mass is 79.9. The second-order valence-corrected chi connectivity index (χ2v) is 6.83. The van der Waals surface area contributed by atoms with Crippen molar-refractivity contribution in [3.05, 3.63) is 52.2 Å². The molecule has 1 heterocycles. The minimum Gasteiger partial charge on any atom is -0.447 e. The predicted octanol–water partition coefficient (Wildman–Crippen LogP) is 2.54. The maximum Gasteiger partial charge on any atom is 0.271 e. The van der Waals surface area contributed by atoms with Crippen molar-refractivity contribution in [3.63, 3.8) is 0 Å². The maximum atomic E-state index is 11.1. The van der Waals surface area contributed by atoms with E-state index >= 15 is 0 Å². The van der Waals surface area contributed by atoms with E-state index < -0.39 is 10.0 Å². The van der Waals surface area contributed by atoms with Crippen LogP contribution in [0.1, 0.15) is 24.3 Å². The summed E-state index contributed by atoms with van der Waals surface area (Å²) in [6, 6.07) is 11.0. The molecule has 0 aliphatic carbocycles. The Bertz CT molecular complexity index is 697. The summed E-state index contributed by atoms with van der Waals surface area (Å²) in [4.78, 5) is 0. The Morgan fingerprint density at radius 1 is 1.35 bits per heavy atom. The van der Waals surface area contributed by atoms with Gasteiger partial charge in [-0.25, -0.2) is 13.6 Å². The number of furan rings is 1. The van der Waals surface area contributed by atoms with Gasteiger partial charge in [-0.3, -0.25) is 0 Å². The number of hydrogen-bond donors (Lipinski definition) is 2. The van der Waals surface area contributed by atoms with Crippen molar-refractivity contribution in [2.75, 3.05) is 0 Å². The summed E-state index contributed by atoms with van der Waals surface area (Å²) in [5, 5.41) is 8.03. The summed E-state index contributed by atoms with van der Waals surface area (Å²) >= 11 is 3.42. The fourth-order valence-electron chi connectivity index (χ4n) is 1.75. The van der Waals surface area contributed by atoms with Crippen molar-refractivity contribution in [3.8, 4) is 0 Å². The molecule has 0 amide bonds. The summed E-state index contributed by atoms with van der Waals surface area (Å²) in [5.74, 6) is 0.524. The van der Waals surface area contributed by atoms with Gasteiger partial charge in [-0.05, 0) is 36.8 Å². The van der Waals surface area contributed by atoms with E-state index in [4.69, 9.17) is 9.56 Å². The number of benzene rings is 1. The van der Waals surface area contributed by atoms with Crippen molar-refractivity contribution >= 4 is 26.0 Å². The lowest BCUT2D eigenvalue weighted by Crippen LogP contribution is -2.17. The van der Waals surface area contributed by atoms with Crippen molar-refractivity contribution in [2.24, 2.45) is 5.14 Å². The van der Waals surface area contributed by atoms with Gasteiger partial charge in [0.1, 0.15) is 5.76 Å². The van der Waals surface area contributed by atoms with Gasteiger partial charge in [0.2, 0.25) is 5.09 Å². The fraction of sp³-hybridized carbons (Fsp3) is 0.231. The smallest absolute Gasteiger partial charge is 0.271 e. The van der Waals surface area contributed by atoms with E-state index in [-0.39, 0.29) is 11.1 Å². The quantitative estimate of drug-likeness (QED) is 0.859. The Labute approximate surface area is 126 Å². The zero-order chi connectivity index (χ0) is 14.8. The molecule has 1 aromatic heterocycles. The number of primary sulfonamides is 1. The van der Waals surface area contributed by atoms with E-state index in [9.17, 15) is 8.42 Å². The SMILES string of the molecule is C[C@@H](NCc1ccc(S(N)(=O)=O)o1)c1cccc(Br)c1. The first-order chi connectivity index (χ1) is 9.36. The molecule has 0 bridgehead atoms. The molecular weight excluding hydrogens is 344 g/mol. The maximum absolute atomic E-state index is 11.1. The standard InChI is InChI=1S/C13H15BrN2O3S/c1-9(10-3-2-4-11(14)7-10)16-8-12-5-6-13(19-12)20(15,17)18/h2-7,9,16H,8H2,1H3,(H2,15,17,18)/t9-/m1/s1. The van der Waals surface area contributed by atoms with Gasteiger partial charge in [0, 0.05) is 10.5 Å². The molecule has 7 heteroatoms. The zero-order valence-electron chi connectivity index (χ0n) is 10.8. The van der Waals surface area contributed by atoms with E-state index in [1.165, 1.54) is 6.07 Å². The third-order valence-electron chi connectivity index (χ3n) is 2.85. The van der Waals surface area contributed by atoms with Gasteiger partial charge < -0.3 is 9.73 Å². The minimum absolute atomic E-state index is 0.107. The van der Waals surface area contributed by atoms with Crippen LogP contribution in [0, 0.1) is 0 Å². The van der Waals surface area contributed by atoms with Crippen LogP contribution < -0.4 is 10.5 Å². The Morgan fingerprint density at radius 2 is 2.10 bits per heavy atom. The third kappa shape index (κ3) is 3.92. The second-order valence-electron chi connectivity index (χ2n) is 4.42. The van der Waals surface area contributed by atoms with Crippen molar-refractivity contribution in [2.45, 2.75) is 24.6 Å². The summed E-state index contributed by atoms with van der Waals surface area (Å²) in [6.07, 6.45) is 0. The average Bonchev–Trinajstić information content (AvgIpc) is 2.84. The van der Waals surface area contributed by atoms with E-state index in [0.29, 0.717) is 12.3 Å². The molecule has 0 saturated carbocycles. The summed E-state index contributed by atoms with van der Waals surface area (Å²) in [6.45, 7) is 2.44. The first-order valence-electron chi connectivity index (χ1n) is 5.96. The molecule has 0 spiro atoms. The number of hydrogen-bond acceptors (Lipinski definition) is 4. The van der Waals surface area contributed by atoms with E-state index in [1.807, 2.05) is 31.2 Å². The van der Waals surface area contributed by atoms with Crippen LogP contribution in [0.15, 0.2) is 50.4 Å². The summed E-state index contributed by atoms with van der Waals surface area (Å²) in [5.41, 5.74) is 1.12. The molecule has 0 unspecified atom stereocenters. The van der Waals surface area contributed by atoms with Crippen LogP contribution in [0.5, 0.6) is 0 Å². The van der Waals surface area contributed by atoms with Crippen LogP contribution in [0.4, 0.5) is 0 Å². The highest BCUT2D eigenvalue weighted by molar-refractivity contribution is 9.10. The molecule has 108 valence electrons. The monoisotopic (exact) mass is 358 g/mol. The third-order valence-corrected chi connectivity index (χ3v) is 4.12. The Kier molecular flexibility index (Phi) is 4.64. The van der Waals surface area contributed by atoms with Crippen molar-refractivity contribution in [1.29, 1.82) is 0 Å². The molecule has 2 rings (SSSR count). The minimum atomic E-state index is -3.78. The van der Waals surface area contributed by atoms with Crippen LogP contribution in [-0.4, -0.2) is 8.42 Å². The van der Waals surface area contributed by atoms with E-state index in [0.717, 1.165) is 10.0 Å². The van der Waals surface area contributed by atoms with Gasteiger partial charge in [0.05, 0.1) is 6.54 Å². The van der Waals surface area contributed by atoms with Crippen LogP contribution in [0.3, 0.4) is 0 Å². The fourth-order valence-corrected chi connectivity index (χ4v) is 2.65. The molecule has 0 aliphatic rings. The number of nitrogens with two attached hydrogens (primary N) is 1. The molecule has 2 aromatic rings. The molecule has 0 aliphatic heterocycles. The Morgan fingerprint density at radius 3 is 2.70 bits per heavy atom. The number of sulfonamides is 1. The Hall–Kier alpha value is -1.15. The topological polar surface area (TPSA) is 85.3 Å². The molecule has 0 fully saturated rings. The summed E-state index contributed by atoms with van der Waals surface area (Å²) < 4.78 is 28.4. The number of nitrogens with one attached hydrogen (secondary N) is 1. The first-order valence-corrected chi connectivity index (χ1v) is 8.30. The zero-order valence-corrected chi connectivity index (χ0v) is 13.2. The van der Waals surface area contributed by atoms with Crippen LogP contribution in [-0.2, 0) is 16.6 Å². The van der Waals surface area contributed by atoms with Gasteiger partial charge in [0.25, 0.3) is 10.0 Å².